The zero-order valence-electron chi connectivity index (χ0n) is 14.2. The van der Waals surface area contributed by atoms with E-state index in [0.29, 0.717) is 12.8 Å². The largest absolute Gasteiger partial charge is 0.352 e. The highest BCUT2D eigenvalue weighted by Gasteiger charge is 2.53. The first-order chi connectivity index (χ1) is 11.6. The summed E-state index contributed by atoms with van der Waals surface area (Å²) in [6, 6.07) is 8.58. The highest BCUT2D eigenvalue weighted by Crippen LogP contribution is 2.41. The minimum atomic E-state index is -3.67. The molecule has 0 unspecified atom stereocenters. The molecule has 0 saturated heterocycles. The van der Waals surface area contributed by atoms with Gasteiger partial charge in [0.15, 0.2) is 14.6 Å². The Kier molecular flexibility index (Phi) is 5.28. The van der Waals surface area contributed by atoms with Crippen molar-refractivity contribution in [3.05, 3.63) is 30.3 Å². The van der Waals surface area contributed by atoms with Gasteiger partial charge in [-0.2, -0.15) is 0 Å². The smallest absolute Gasteiger partial charge is 0.242 e. The molecular formula is C19H27NO3S. The summed E-state index contributed by atoms with van der Waals surface area (Å²) in [4.78, 5) is 13.3. The van der Waals surface area contributed by atoms with Crippen LogP contribution in [0.1, 0.15) is 64.2 Å². The molecule has 1 aromatic rings. The number of hydrogen-bond acceptors (Lipinski definition) is 3. The lowest BCUT2D eigenvalue weighted by molar-refractivity contribution is -0.124. The fraction of sp³-hybridized carbons (Fsp3) is 0.632. The number of sulfone groups is 1. The third-order valence-electron chi connectivity index (χ3n) is 5.58. The van der Waals surface area contributed by atoms with Crippen LogP contribution in [-0.2, 0) is 14.6 Å². The Morgan fingerprint density at radius 2 is 1.50 bits per heavy atom. The molecule has 5 heteroatoms. The molecule has 0 aromatic heterocycles. The number of amides is 1. The predicted molar refractivity (Wildman–Crippen MR) is 94.5 cm³/mol. The van der Waals surface area contributed by atoms with E-state index in [4.69, 9.17) is 0 Å². The quantitative estimate of drug-likeness (QED) is 0.845. The van der Waals surface area contributed by atoms with E-state index >= 15 is 0 Å². The minimum Gasteiger partial charge on any atom is -0.352 e. The van der Waals surface area contributed by atoms with Gasteiger partial charge in [0.1, 0.15) is 0 Å². The van der Waals surface area contributed by atoms with Crippen molar-refractivity contribution in [3.63, 3.8) is 0 Å². The first-order valence-electron chi connectivity index (χ1n) is 9.17. The molecule has 24 heavy (non-hydrogen) atoms. The van der Waals surface area contributed by atoms with Crippen LogP contribution >= 0.6 is 0 Å². The van der Waals surface area contributed by atoms with Gasteiger partial charge in [0, 0.05) is 6.04 Å². The zero-order valence-corrected chi connectivity index (χ0v) is 15.0. The van der Waals surface area contributed by atoms with Gasteiger partial charge in [0.05, 0.1) is 4.90 Å². The maximum atomic E-state index is 13.2. The summed E-state index contributed by atoms with van der Waals surface area (Å²) in [6.07, 6.45) is 9.03. The summed E-state index contributed by atoms with van der Waals surface area (Å²) in [5.41, 5.74) is 0. The third kappa shape index (κ3) is 3.23. The number of carbonyl (C=O) groups excluding carboxylic acids is 1. The van der Waals surface area contributed by atoms with E-state index < -0.39 is 14.6 Å². The summed E-state index contributed by atoms with van der Waals surface area (Å²) < 4.78 is 25.2. The van der Waals surface area contributed by atoms with Gasteiger partial charge in [-0.05, 0) is 37.8 Å². The van der Waals surface area contributed by atoms with E-state index in [2.05, 4.69) is 5.32 Å². The second-order valence-corrected chi connectivity index (χ2v) is 9.44. The van der Waals surface area contributed by atoms with Gasteiger partial charge in [-0.25, -0.2) is 8.42 Å². The van der Waals surface area contributed by atoms with Crippen molar-refractivity contribution in [2.75, 3.05) is 0 Å². The lowest BCUT2D eigenvalue weighted by Crippen LogP contribution is -2.53. The van der Waals surface area contributed by atoms with Crippen molar-refractivity contribution in [3.8, 4) is 0 Å². The highest BCUT2D eigenvalue weighted by molar-refractivity contribution is 7.93. The number of hydrogen-bond donors (Lipinski definition) is 1. The van der Waals surface area contributed by atoms with Gasteiger partial charge >= 0.3 is 0 Å². The maximum absolute atomic E-state index is 13.2. The number of nitrogens with one attached hydrogen (secondary N) is 1. The molecule has 0 atom stereocenters. The fourth-order valence-corrected chi connectivity index (χ4v) is 6.23. The van der Waals surface area contributed by atoms with Crippen molar-refractivity contribution in [1.29, 1.82) is 0 Å². The first kappa shape index (κ1) is 17.5. The van der Waals surface area contributed by atoms with Crippen LogP contribution in [0.3, 0.4) is 0 Å². The fourth-order valence-electron chi connectivity index (χ4n) is 4.13. The SMILES string of the molecule is O=C(NC1CCCCCC1)C1(S(=O)(=O)c2ccccc2)CCCC1. The molecule has 1 N–H and O–H groups in total. The molecule has 2 aliphatic carbocycles. The number of rotatable bonds is 4. The van der Waals surface area contributed by atoms with Gasteiger partial charge in [-0.15, -0.1) is 0 Å². The summed E-state index contributed by atoms with van der Waals surface area (Å²) >= 11 is 0. The maximum Gasteiger partial charge on any atom is 0.242 e. The Labute approximate surface area is 145 Å². The Morgan fingerprint density at radius 3 is 2.08 bits per heavy atom. The topological polar surface area (TPSA) is 63.2 Å². The second kappa shape index (κ2) is 7.26. The lowest BCUT2D eigenvalue weighted by Gasteiger charge is -2.30. The Bertz CT molecular complexity index is 655. The lowest BCUT2D eigenvalue weighted by atomic mass is 10.0. The summed E-state index contributed by atoms with van der Waals surface area (Å²) in [7, 11) is -3.67. The average molecular weight is 349 g/mol. The molecule has 2 fully saturated rings. The molecule has 0 heterocycles. The Morgan fingerprint density at radius 1 is 0.917 bits per heavy atom. The summed E-state index contributed by atoms with van der Waals surface area (Å²) in [5.74, 6) is -0.268. The normalized spacial score (nSPS) is 22.0. The van der Waals surface area contributed by atoms with Crippen LogP contribution in [0.25, 0.3) is 0 Å². The van der Waals surface area contributed by atoms with Crippen molar-refractivity contribution < 1.29 is 13.2 Å². The van der Waals surface area contributed by atoms with Crippen molar-refractivity contribution in [2.24, 2.45) is 0 Å². The van der Waals surface area contributed by atoms with Crippen LogP contribution in [0, 0.1) is 0 Å². The van der Waals surface area contributed by atoms with Crippen LogP contribution < -0.4 is 5.32 Å². The van der Waals surface area contributed by atoms with E-state index in [0.717, 1.165) is 38.5 Å². The highest BCUT2D eigenvalue weighted by atomic mass is 32.2. The molecule has 1 amide bonds. The molecule has 2 saturated carbocycles. The van der Waals surface area contributed by atoms with Gasteiger partial charge < -0.3 is 5.32 Å². The summed E-state index contributed by atoms with van der Waals surface area (Å²) in [5, 5.41) is 3.10. The average Bonchev–Trinajstić information content (AvgIpc) is 2.97. The molecule has 0 spiro atoms. The van der Waals surface area contributed by atoms with Crippen molar-refractivity contribution in [2.45, 2.75) is 79.9 Å². The van der Waals surface area contributed by atoms with Crippen molar-refractivity contribution in [1.82, 2.24) is 5.32 Å². The molecule has 0 bridgehead atoms. The van der Waals surface area contributed by atoms with Crippen LogP contribution in [-0.4, -0.2) is 25.1 Å². The van der Waals surface area contributed by atoms with E-state index in [-0.39, 0.29) is 16.8 Å². The van der Waals surface area contributed by atoms with Gasteiger partial charge in [0.25, 0.3) is 0 Å². The Balaban J connectivity index is 1.86. The Hall–Kier alpha value is -1.36. The zero-order chi connectivity index (χ0) is 17.0. The standard InChI is InChI=1S/C19H27NO3S/c21-18(20-16-10-4-1-2-5-11-16)19(14-8-9-15-19)24(22,23)17-12-6-3-7-13-17/h3,6-7,12-13,16H,1-2,4-5,8-11,14-15H2,(H,20,21). The molecular weight excluding hydrogens is 322 g/mol. The van der Waals surface area contributed by atoms with Crippen LogP contribution in [0.15, 0.2) is 35.2 Å². The third-order valence-corrected chi connectivity index (χ3v) is 8.10. The summed E-state index contributed by atoms with van der Waals surface area (Å²) in [6.45, 7) is 0. The van der Waals surface area contributed by atoms with Gasteiger partial charge in [-0.3, -0.25) is 4.79 Å². The molecule has 3 rings (SSSR count). The minimum absolute atomic E-state index is 0.128. The second-order valence-electron chi connectivity index (χ2n) is 7.18. The van der Waals surface area contributed by atoms with E-state index in [9.17, 15) is 13.2 Å². The molecule has 132 valence electrons. The molecule has 0 radical (unpaired) electrons. The predicted octanol–water partition coefficient (Wildman–Crippen LogP) is 3.61. The van der Waals surface area contributed by atoms with Crippen LogP contribution in [0.4, 0.5) is 0 Å². The van der Waals surface area contributed by atoms with E-state index in [1.807, 2.05) is 0 Å². The van der Waals surface area contributed by atoms with Crippen LogP contribution in [0.2, 0.25) is 0 Å². The number of benzene rings is 1. The van der Waals surface area contributed by atoms with Crippen LogP contribution in [0.5, 0.6) is 0 Å². The number of carbonyl (C=O) groups is 1. The van der Waals surface area contributed by atoms with Crippen molar-refractivity contribution >= 4 is 15.7 Å². The molecule has 2 aliphatic rings. The molecule has 4 nitrogen and oxygen atoms in total. The van der Waals surface area contributed by atoms with Gasteiger partial charge in [0.2, 0.25) is 5.91 Å². The van der Waals surface area contributed by atoms with Gasteiger partial charge in [-0.1, -0.05) is 56.7 Å². The monoisotopic (exact) mass is 349 g/mol. The first-order valence-corrected chi connectivity index (χ1v) is 10.7. The molecule has 0 aliphatic heterocycles. The van der Waals surface area contributed by atoms with E-state index in [1.165, 1.54) is 12.8 Å². The van der Waals surface area contributed by atoms with E-state index in [1.54, 1.807) is 30.3 Å². The molecule has 1 aromatic carbocycles.